The van der Waals surface area contributed by atoms with E-state index in [2.05, 4.69) is 136 Å². The van der Waals surface area contributed by atoms with Crippen molar-refractivity contribution in [2.45, 2.75) is 113 Å². The Kier molecular flexibility index (Phi) is 14.5. The molecule has 0 aliphatic carbocycles. The molecule has 0 spiro atoms. The van der Waals surface area contributed by atoms with E-state index < -0.39 is 17.7 Å². The molecule has 0 bridgehead atoms. The van der Waals surface area contributed by atoms with Crippen molar-refractivity contribution in [3.05, 3.63) is 118 Å². The number of oxime groups is 2. The Labute approximate surface area is 351 Å². The lowest BCUT2D eigenvalue weighted by Crippen LogP contribution is -2.26. The van der Waals surface area contributed by atoms with Gasteiger partial charge in [-0.1, -0.05) is 131 Å². The second kappa shape index (κ2) is 19.0. The van der Waals surface area contributed by atoms with Crippen molar-refractivity contribution in [1.82, 2.24) is 4.98 Å². The third-order valence-electron chi connectivity index (χ3n) is 9.47. The Morgan fingerprint density at radius 2 is 1.16 bits per heavy atom. The van der Waals surface area contributed by atoms with Gasteiger partial charge in [0.05, 0.1) is 23.7 Å². The van der Waals surface area contributed by atoms with Crippen molar-refractivity contribution >= 4 is 39.1 Å². The molecule has 0 unspecified atom stereocenters. The Hall–Kier alpha value is -4.64. The molecule has 1 aromatic heterocycles. The number of ether oxygens (including phenoxy) is 1. The minimum absolute atomic E-state index is 0.0367. The van der Waals surface area contributed by atoms with Crippen LogP contribution in [0.25, 0.3) is 11.1 Å². The number of rotatable bonds is 7. The van der Waals surface area contributed by atoms with E-state index >= 15 is 0 Å². The molecule has 4 aromatic rings. The van der Waals surface area contributed by atoms with Gasteiger partial charge in [0.2, 0.25) is 0 Å². The lowest BCUT2D eigenvalue weighted by atomic mass is 9.87. The van der Waals surface area contributed by atoms with Gasteiger partial charge in [0.15, 0.2) is 11.6 Å². The number of benzene rings is 3. The lowest BCUT2D eigenvalue weighted by molar-refractivity contribution is 0.0538. The zero-order valence-corrected chi connectivity index (χ0v) is 36.8. The van der Waals surface area contributed by atoms with Gasteiger partial charge in [-0.3, -0.25) is 9.88 Å². The maximum atomic E-state index is 13.2. The first kappa shape index (κ1) is 44.5. The van der Waals surface area contributed by atoms with Gasteiger partial charge in [-0.05, 0) is 88.1 Å². The summed E-state index contributed by atoms with van der Waals surface area (Å²) in [6.45, 7) is 19.9. The summed E-state index contributed by atoms with van der Waals surface area (Å²) in [7, 11) is 0. The van der Waals surface area contributed by atoms with Crippen LogP contribution in [0.1, 0.15) is 106 Å². The summed E-state index contributed by atoms with van der Waals surface area (Å²) in [5.41, 5.74) is 7.61. The van der Waals surface area contributed by atoms with Crippen LogP contribution < -0.4 is 4.90 Å². The summed E-state index contributed by atoms with van der Waals surface area (Å²) in [4.78, 5) is 28.3. The normalized spacial score (nSPS) is 19.1. The number of nitrogens with zero attached hydrogens (tertiary/aromatic N) is 4. The van der Waals surface area contributed by atoms with Crippen molar-refractivity contribution in [2.75, 3.05) is 11.4 Å². The van der Waals surface area contributed by atoms with Gasteiger partial charge in [-0.2, -0.15) is 0 Å². The third-order valence-corrected chi connectivity index (χ3v) is 9.99. The molecule has 4 heterocycles. The first-order chi connectivity index (χ1) is 27.2. The number of aromatic nitrogens is 1. The predicted octanol–water partition coefficient (Wildman–Crippen LogP) is 12.8. The second-order valence-electron chi connectivity index (χ2n) is 18.8. The van der Waals surface area contributed by atoms with Crippen molar-refractivity contribution in [3.8, 4) is 11.1 Å². The van der Waals surface area contributed by atoms with Gasteiger partial charge >= 0.3 is 6.09 Å². The number of carbonyl (C=O) groups is 1. The number of anilines is 1. The fraction of sp³-hybridized carbons (Fsp3) is 0.447. The minimum atomic E-state index is -0.968. The average Bonchev–Trinajstić information content (AvgIpc) is 3.89. The van der Waals surface area contributed by atoms with E-state index in [1.807, 2.05) is 24.4 Å². The average molecular weight is 860 g/mol. The Bertz CT molecular complexity index is 2040. The van der Waals surface area contributed by atoms with E-state index in [0.717, 1.165) is 76.8 Å². The van der Waals surface area contributed by atoms with Crippen molar-refractivity contribution in [1.29, 1.82) is 0 Å². The number of halogens is 3. The van der Waals surface area contributed by atoms with E-state index in [9.17, 15) is 13.6 Å². The van der Waals surface area contributed by atoms with Crippen LogP contribution in [0.2, 0.25) is 0 Å². The van der Waals surface area contributed by atoms with Gasteiger partial charge in [0.1, 0.15) is 18.3 Å². The summed E-state index contributed by atoms with van der Waals surface area (Å²) < 4.78 is 32.4. The molecule has 3 aromatic carbocycles. The Morgan fingerprint density at radius 1 is 0.655 bits per heavy atom. The summed E-state index contributed by atoms with van der Waals surface area (Å²) in [5, 5.41) is 8.48. The molecule has 1 saturated heterocycles. The highest BCUT2D eigenvalue weighted by Crippen LogP contribution is 2.32. The molecular weight excluding hydrogens is 802 g/mol. The van der Waals surface area contributed by atoms with Crippen LogP contribution in [-0.4, -0.2) is 47.4 Å². The zero-order chi connectivity index (χ0) is 42.3. The number of hydrogen-bond donors (Lipinski definition) is 0. The molecule has 3 aliphatic heterocycles. The zero-order valence-electron chi connectivity index (χ0n) is 35.2. The molecular formula is C47H57BrF2N4O4. The quantitative estimate of drug-likeness (QED) is 0.185. The molecule has 3 aliphatic rings. The van der Waals surface area contributed by atoms with Crippen molar-refractivity contribution in [3.63, 3.8) is 0 Å². The Balaban J connectivity index is 0.000000167. The predicted molar refractivity (Wildman–Crippen MR) is 232 cm³/mol. The van der Waals surface area contributed by atoms with Crippen molar-refractivity contribution < 1.29 is 28.0 Å². The molecule has 1 fully saturated rings. The van der Waals surface area contributed by atoms with Crippen LogP contribution in [-0.2, 0) is 14.4 Å². The minimum Gasteiger partial charge on any atom is -0.444 e. The Morgan fingerprint density at radius 3 is 1.64 bits per heavy atom. The van der Waals surface area contributed by atoms with E-state index in [0.29, 0.717) is 12.2 Å². The number of hydrogen-bond acceptors (Lipinski definition) is 7. The molecule has 8 nitrogen and oxygen atoms in total. The van der Waals surface area contributed by atoms with Crippen LogP contribution in [0.4, 0.5) is 19.3 Å². The molecule has 1 amide bonds. The van der Waals surface area contributed by atoms with Crippen LogP contribution in [0.3, 0.4) is 0 Å². The van der Waals surface area contributed by atoms with E-state index in [-0.39, 0.29) is 34.6 Å². The number of pyridine rings is 1. The molecule has 0 N–H and O–H groups in total. The highest BCUT2D eigenvalue weighted by Gasteiger charge is 2.35. The summed E-state index contributed by atoms with van der Waals surface area (Å²) in [6.07, 6.45) is 7.95. The molecule has 0 radical (unpaired) electrons. The first-order valence-electron chi connectivity index (χ1n) is 19.9. The molecule has 7 rings (SSSR count). The fourth-order valence-corrected chi connectivity index (χ4v) is 7.25. The summed E-state index contributed by atoms with van der Waals surface area (Å²) in [5.74, 6) is -1.90. The van der Waals surface area contributed by atoms with Crippen molar-refractivity contribution in [2.24, 2.45) is 26.6 Å². The number of amides is 1. The molecule has 0 saturated carbocycles. The van der Waals surface area contributed by atoms with Crippen LogP contribution in [0, 0.1) is 27.9 Å². The highest BCUT2D eigenvalue weighted by molar-refractivity contribution is 9.10. The summed E-state index contributed by atoms with van der Waals surface area (Å²) >= 11 is 3.43. The lowest BCUT2D eigenvalue weighted by Gasteiger charge is -2.21. The largest absolute Gasteiger partial charge is 0.444 e. The van der Waals surface area contributed by atoms with E-state index in [4.69, 9.17) is 14.4 Å². The topological polar surface area (TPSA) is 85.6 Å². The molecule has 58 heavy (non-hydrogen) atoms. The molecule has 310 valence electrons. The molecule has 3 atom stereocenters. The number of carbonyl (C=O) groups excluding carboxylic acids is 1. The SMILES string of the molecule is CC(C)(C)C[C@@H]1CC(c2ccc(-c3cccnc3)cc2)=NO1.CC(C)(C)C[C@@H]1CC(c2ccc(Br)cc2)=NO1.CC(C)(C)C[C@@H]1CN(c2ccc(F)c(F)c2)C(=O)O1. The van der Waals surface area contributed by atoms with Gasteiger partial charge < -0.3 is 14.4 Å². The van der Waals surface area contributed by atoms with Gasteiger partial charge in [0.25, 0.3) is 0 Å². The molecule has 11 heteroatoms. The first-order valence-corrected chi connectivity index (χ1v) is 20.7. The third kappa shape index (κ3) is 13.7. The number of cyclic esters (lactones) is 1. The van der Waals surface area contributed by atoms with E-state index in [1.54, 1.807) is 6.20 Å². The summed E-state index contributed by atoms with van der Waals surface area (Å²) in [6, 6.07) is 24.1. The van der Waals surface area contributed by atoms with Gasteiger partial charge in [-0.25, -0.2) is 13.6 Å². The van der Waals surface area contributed by atoms with Gasteiger partial charge in [0, 0.05) is 35.8 Å². The van der Waals surface area contributed by atoms with Gasteiger partial charge in [-0.15, -0.1) is 0 Å². The highest BCUT2D eigenvalue weighted by atomic mass is 79.9. The monoisotopic (exact) mass is 858 g/mol. The van der Waals surface area contributed by atoms with Crippen LogP contribution >= 0.6 is 15.9 Å². The maximum absolute atomic E-state index is 13.2. The van der Waals surface area contributed by atoms with Crippen LogP contribution in [0.15, 0.2) is 106 Å². The smallest absolute Gasteiger partial charge is 0.414 e. The van der Waals surface area contributed by atoms with E-state index in [1.165, 1.54) is 16.5 Å². The second-order valence-corrected chi connectivity index (χ2v) is 19.7. The van der Waals surface area contributed by atoms with Crippen LogP contribution in [0.5, 0.6) is 0 Å². The maximum Gasteiger partial charge on any atom is 0.414 e. The fourth-order valence-electron chi connectivity index (χ4n) is 6.99. The standard InChI is InChI=1S/C19H22N2O.C14H18BrNO.C14H17F2NO2/c1-19(2,3)12-17-11-18(21-22-17)15-8-6-14(7-9-15)16-5-4-10-20-13-16;1-14(2,3)9-12-8-13(16-17-12)10-4-6-11(15)7-5-10;1-14(2,3)7-10-8-17(13(18)19-10)9-4-5-11(15)12(16)6-9/h4-10,13,17H,11-12H2,1-3H3;4-7,12H,8-9H2,1-3H3;4-6,10H,7-8H2,1-3H3/t17-;12-;10-/m001/s1.